The van der Waals surface area contributed by atoms with E-state index in [1.807, 2.05) is 0 Å². The number of nitro groups is 1. The summed E-state index contributed by atoms with van der Waals surface area (Å²) >= 11 is 11.4. The van der Waals surface area contributed by atoms with Gasteiger partial charge in [-0.1, -0.05) is 0 Å². The van der Waals surface area contributed by atoms with Crippen molar-refractivity contribution in [3.63, 3.8) is 0 Å². The zero-order chi connectivity index (χ0) is 12.6. The first kappa shape index (κ1) is 12.0. The molecule has 1 atom stereocenters. The highest BCUT2D eigenvalue weighted by Gasteiger charge is 2.34. The predicted octanol–water partition coefficient (Wildman–Crippen LogP) is 1.38. The molecule has 9 heteroatoms. The first-order valence-electron chi connectivity index (χ1n) is 4.60. The van der Waals surface area contributed by atoms with Gasteiger partial charge in [-0.2, -0.15) is 4.98 Å². The van der Waals surface area contributed by atoms with E-state index in [-0.39, 0.29) is 41.0 Å². The van der Waals surface area contributed by atoms with Gasteiger partial charge in [-0.3, -0.25) is 19.8 Å². The smallest absolute Gasteiger partial charge is 0.289 e. The van der Waals surface area contributed by atoms with Crippen molar-refractivity contribution in [1.82, 2.24) is 9.97 Å². The third-order valence-electron chi connectivity index (χ3n) is 2.25. The van der Waals surface area contributed by atoms with Crippen LogP contribution in [0.1, 0.15) is 6.42 Å². The zero-order valence-corrected chi connectivity index (χ0v) is 9.85. The summed E-state index contributed by atoms with van der Waals surface area (Å²) in [6.07, 6.45) is 1.10. The molecular weight excluding hydrogens is 271 g/mol. The van der Waals surface area contributed by atoms with Gasteiger partial charge < -0.3 is 0 Å². The van der Waals surface area contributed by atoms with Crippen LogP contribution < -0.4 is 4.90 Å². The number of amides is 1. The monoisotopic (exact) mass is 276 g/mol. The molecule has 0 N–H and O–H groups in total. The quantitative estimate of drug-likeness (QED) is 0.352. The van der Waals surface area contributed by atoms with E-state index in [0.29, 0.717) is 0 Å². The molecule has 7 nitrogen and oxygen atoms in total. The standard InChI is InChI=1S/C8H6Cl2N4O3/c9-4-1-6(15)13(3-4)7-5(14(16)17)2-11-8(10)12-7/h2,4H,1,3H2. The lowest BCUT2D eigenvalue weighted by Crippen LogP contribution is -2.26. The highest BCUT2D eigenvalue weighted by atomic mass is 35.5. The van der Waals surface area contributed by atoms with Gasteiger partial charge in [-0.25, -0.2) is 4.98 Å². The Kier molecular flexibility index (Phi) is 3.12. The van der Waals surface area contributed by atoms with E-state index in [1.54, 1.807) is 0 Å². The van der Waals surface area contributed by atoms with Crippen LogP contribution in [0.5, 0.6) is 0 Å². The van der Waals surface area contributed by atoms with Crippen molar-refractivity contribution < 1.29 is 9.72 Å². The van der Waals surface area contributed by atoms with Crippen molar-refractivity contribution in [2.24, 2.45) is 0 Å². The van der Waals surface area contributed by atoms with Gasteiger partial charge in [0.2, 0.25) is 17.0 Å². The summed E-state index contributed by atoms with van der Waals surface area (Å²) in [4.78, 5) is 30.1. The molecule has 0 aromatic carbocycles. The number of carbonyl (C=O) groups is 1. The van der Waals surface area contributed by atoms with Crippen LogP contribution in [0.25, 0.3) is 0 Å². The van der Waals surface area contributed by atoms with Crippen LogP contribution in [0.4, 0.5) is 11.5 Å². The van der Waals surface area contributed by atoms with Crippen molar-refractivity contribution in [1.29, 1.82) is 0 Å². The lowest BCUT2D eigenvalue weighted by molar-refractivity contribution is -0.384. The number of carbonyl (C=O) groups excluding carboxylic acids is 1. The molecular formula is C8H6Cl2N4O3. The SMILES string of the molecule is O=C1CC(Cl)CN1c1nc(Cl)ncc1[N+](=O)[O-]. The summed E-state index contributed by atoms with van der Waals surface area (Å²) in [5, 5.41) is 10.3. The number of halogens is 2. The molecule has 1 aliphatic heterocycles. The summed E-state index contributed by atoms with van der Waals surface area (Å²) in [7, 11) is 0. The Morgan fingerprint density at radius 1 is 1.59 bits per heavy atom. The van der Waals surface area contributed by atoms with E-state index >= 15 is 0 Å². The molecule has 90 valence electrons. The summed E-state index contributed by atoms with van der Waals surface area (Å²) in [5.41, 5.74) is -0.367. The van der Waals surface area contributed by atoms with Crippen LogP contribution >= 0.6 is 23.2 Å². The third kappa shape index (κ3) is 2.29. The van der Waals surface area contributed by atoms with Gasteiger partial charge in [0.25, 0.3) is 0 Å². The maximum Gasteiger partial charge on any atom is 0.330 e. The summed E-state index contributed by atoms with van der Waals surface area (Å²) in [6.45, 7) is 0.175. The molecule has 1 unspecified atom stereocenters. The van der Waals surface area contributed by atoms with E-state index in [9.17, 15) is 14.9 Å². The molecule has 1 aromatic heterocycles. The number of rotatable bonds is 2. The van der Waals surface area contributed by atoms with Gasteiger partial charge in [0.1, 0.15) is 6.20 Å². The minimum absolute atomic E-state index is 0.108. The summed E-state index contributed by atoms with van der Waals surface area (Å²) < 4.78 is 0. The Balaban J connectivity index is 2.46. The van der Waals surface area contributed by atoms with E-state index in [4.69, 9.17) is 23.2 Å². The molecule has 2 heterocycles. The fourth-order valence-electron chi connectivity index (χ4n) is 1.54. The van der Waals surface area contributed by atoms with Crippen molar-refractivity contribution in [3.05, 3.63) is 21.6 Å². The van der Waals surface area contributed by atoms with Crippen LogP contribution in [0.2, 0.25) is 5.28 Å². The first-order chi connectivity index (χ1) is 7.99. The number of nitrogens with zero attached hydrogens (tertiary/aromatic N) is 4. The second-order valence-corrected chi connectivity index (χ2v) is 4.37. The van der Waals surface area contributed by atoms with Crippen LogP contribution in [0.15, 0.2) is 6.20 Å². The van der Waals surface area contributed by atoms with Gasteiger partial charge in [0, 0.05) is 13.0 Å². The maximum absolute atomic E-state index is 11.6. The summed E-state index contributed by atoms with van der Waals surface area (Å²) in [5.74, 6) is -0.425. The Morgan fingerprint density at radius 3 is 2.82 bits per heavy atom. The molecule has 0 bridgehead atoms. The van der Waals surface area contributed by atoms with E-state index in [0.717, 1.165) is 11.1 Å². The van der Waals surface area contributed by atoms with Gasteiger partial charge in [-0.15, -0.1) is 11.6 Å². The average molecular weight is 277 g/mol. The Bertz CT molecular complexity index is 496. The maximum atomic E-state index is 11.6. The highest BCUT2D eigenvalue weighted by Crippen LogP contribution is 2.30. The predicted molar refractivity (Wildman–Crippen MR) is 60.3 cm³/mol. The fraction of sp³-hybridized carbons (Fsp3) is 0.375. The second kappa shape index (κ2) is 4.42. The number of hydrogen-bond donors (Lipinski definition) is 0. The zero-order valence-electron chi connectivity index (χ0n) is 8.34. The van der Waals surface area contributed by atoms with E-state index in [1.165, 1.54) is 0 Å². The molecule has 1 amide bonds. The molecule has 0 aliphatic carbocycles. The molecule has 1 aromatic rings. The van der Waals surface area contributed by atoms with Crippen molar-refractivity contribution in [3.8, 4) is 0 Å². The molecule has 0 saturated carbocycles. The van der Waals surface area contributed by atoms with Gasteiger partial charge in [0.05, 0.1) is 10.3 Å². The number of alkyl halides is 1. The third-order valence-corrected chi connectivity index (χ3v) is 2.73. The van der Waals surface area contributed by atoms with Crippen LogP contribution in [-0.4, -0.2) is 32.7 Å². The van der Waals surface area contributed by atoms with E-state index in [2.05, 4.69) is 9.97 Å². The van der Waals surface area contributed by atoms with Gasteiger partial charge in [-0.05, 0) is 11.6 Å². The Hall–Kier alpha value is -1.47. The molecule has 1 saturated heterocycles. The first-order valence-corrected chi connectivity index (χ1v) is 5.42. The molecule has 1 fully saturated rings. The van der Waals surface area contributed by atoms with Crippen molar-refractivity contribution >= 4 is 40.6 Å². The van der Waals surface area contributed by atoms with Gasteiger partial charge >= 0.3 is 5.69 Å². The molecule has 1 aliphatic rings. The number of anilines is 1. The number of aromatic nitrogens is 2. The normalized spacial score (nSPS) is 19.8. The van der Waals surface area contributed by atoms with Crippen LogP contribution in [0.3, 0.4) is 0 Å². The fourth-order valence-corrected chi connectivity index (χ4v) is 1.94. The van der Waals surface area contributed by atoms with Crippen molar-refractivity contribution in [2.45, 2.75) is 11.8 Å². The van der Waals surface area contributed by atoms with Crippen LogP contribution in [0, 0.1) is 10.1 Å². The number of hydrogen-bond acceptors (Lipinski definition) is 5. The van der Waals surface area contributed by atoms with Crippen LogP contribution in [-0.2, 0) is 4.79 Å². The second-order valence-electron chi connectivity index (χ2n) is 3.41. The summed E-state index contributed by atoms with van der Waals surface area (Å²) in [6, 6.07) is 0. The molecule has 17 heavy (non-hydrogen) atoms. The molecule has 0 spiro atoms. The Morgan fingerprint density at radius 2 is 2.29 bits per heavy atom. The minimum atomic E-state index is -0.666. The largest absolute Gasteiger partial charge is 0.330 e. The Labute approximate surface area is 106 Å². The topological polar surface area (TPSA) is 89.2 Å². The van der Waals surface area contributed by atoms with Gasteiger partial charge in [0.15, 0.2) is 0 Å². The highest BCUT2D eigenvalue weighted by molar-refractivity contribution is 6.28. The van der Waals surface area contributed by atoms with E-state index < -0.39 is 4.92 Å². The molecule has 2 rings (SSSR count). The lowest BCUT2D eigenvalue weighted by Gasteiger charge is -2.13. The molecule has 0 radical (unpaired) electrons. The average Bonchev–Trinajstić information content (AvgIpc) is 2.57. The minimum Gasteiger partial charge on any atom is -0.289 e. The van der Waals surface area contributed by atoms with Crippen molar-refractivity contribution in [2.75, 3.05) is 11.4 Å². The lowest BCUT2D eigenvalue weighted by atomic mass is 10.4.